The second kappa shape index (κ2) is 5.88. The van der Waals surface area contributed by atoms with Crippen molar-refractivity contribution in [1.82, 2.24) is 4.90 Å². The smallest absolute Gasteiger partial charge is 0.251 e. The number of rotatable bonds is 3. The van der Waals surface area contributed by atoms with Crippen LogP contribution in [0.4, 0.5) is 5.69 Å². The standard InChI is InChI=1S/C16H19N3O3/c17-15(21)11-5-4-8-18(10-11)13-9-14(20)19(16(13)22)12-6-2-1-3-7-12/h1-3,6-7,11,13H,4-5,8-10H2,(H2,17,21)/t11-,13+/m0/s1. The number of para-hydroxylation sites is 1. The van der Waals surface area contributed by atoms with Crippen molar-refractivity contribution in [1.29, 1.82) is 0 Å². The molecule has 0 spiro atoms. The molecule has 0 aliphatic carbocycles. The maximum Gasteiger partial charge on any atom is 0.251 e. The highest BCUT2D eigenvalue weighted by atomic mass is 16.2. The van der Waals surface area contributed by atoms with Gasteiger partial charge in [0.1, 0.15) is 0 Å². The maximum atomic E-state index is 12.6. The predicted octanol–water partition coefficient (Wildman–Crippen LogP) is 0.516. The van der Waals surface area contributed by atoms with Gasteiger partial charge in [0.25, 0.3) is 5.91 Å². The SMILES string of the molecule is NC(=O)[C@H]1CCCN([C@@H]2CC(=O)N(c3ccccc3)C2=O)C1. The lowest BCUT2D eigenvalue weighted by atomic mass is 9.96. The Bertz CT molecular complexity index is 602. The summed E-state index contributed by atoms with van der Waals surface area (Å²) >= 11 is 0. The zero-order valence-corrected chi connectivity index (χ0v) is 12.3. The molecular formula is C16H19N3O3. The molecule has 1 aromatic carbocycles. The number of benzene rings is 1. The van der Waals surface area contributed by atoms with E-state index in [9.17, 15) is 14.4 Å². The first-order chi connectivity index (χ1) is 10.6. The first kappa shape index (κ1) is 14.7. The Labute approximate surface area is 128 Å². The van der Waals surface area contributed by atoms with E-state index in [-0.39, 0.29) is 30.1 Å². The number of piperidine rings is 1. The van der Waals surface area contributed by atoms with E-state index in [0.717, 1.165) is 19.4 Å². The lowest BCUT2D eigenvalue weighted by Gasteiger charge is -2.34. The predicted molar refractivity (Wildman–Crippen MR) is 80.8 cm³/mol. The minimum atomic E-state index is -0.477. The van der Waals surface area contributed by atoms with Gasteiger partial charge in [-0.05, 0) is 31.5 Å². The molecular weight excluding hydrogens is 282 g/mol. The second-order valence-electron chi connectivity index (χ2n) is 5.86. The third-order valence-corrected chi connectivity index (χ3v) is 4.43. The third-order valence-electron chi connectivity index (χ3n) is 4.43. The molecule has 0 aromatic heterocycles. The van der Waals surface area contributed by atoms with E-state index >= 15 is 0 Å². The van der Waals surface area contributed by atoms with Crippen LogP contribution in [-0.4, -0.2) is 41.8 Å². The van der Waals surface area contributed by atoms with E-state index in [1.165, 1.54) is 4.90 Å². The van der Waals surface area contributed by atoms with Crippen LogP contribution in [0, 0.1) is 5.92 Å². The van der Waals surface area contributed by atoms with Gasteiger partial charge in [0, 0.05) is 6.54 Å². The minimum Gasteiger partial charge on any atom is -0.369 e. The molecule has 0 radical (unpaired) electrons. The van der Waals surface area contributed by atoms with Crippen LogP contribution in [0.25, 0.3) is 0 Å². The molecule has 116 valence electrons. The molecule has 2 atom stereocenters. The van der Waals surface area contributed by atoms with Gasteiger partial charge in [0.15, 0.2) is 0 Å². The number of nitrogens with two attached hydrogens (primary N) is 1. The van der Waals surface area contributed by atoms with Gasteiger partial charge < -0.3 is 5.73 Å². The van der Waals surface area contributed by atoms with Crippen LogP contribution in [0.5, 0.6) is 0 Å². The average molecular weight is 301 g/mol. The number of carbonyl (C=O) groups excluding carboxylic acids is 3. The van der Waals surface area contributed by atoms with E-state index in [4.69, 9.17) is 5.73 Å². The van der Waals surface area contributed by atoms with Crippen LogP contribution in [-0.2, 0) is 14.4 Å². The molecule has 1 aromatic rings. The van der Waals surface area contributed by atoms with E-state index in [1.54, 1.807) is 24.3 Å². The monoisotopic (exact) mass is 301 g/mol. The first-order valence-corrected chi connectivity index (χ1v) is 7.53. The van der Waals surface area contributed by atoms with Crippen molar-refractivity contribution >= 4 is 23.4 Å². The maximum absolute atomic E-state index is 12.6. The number of imide groups is 1. The van der Waals surface area contributed by atoms with Crippen molar-refractivity contribution in [2.45, 2.75) is 25.3 Å². The van der Waals surface area contributed by atoms with E-state index < -0.39 is 6.04 Å². The van der Waals surface area contributed by atoms with Gasteiger partial charge in [0.05, 0.1) is 24.1 Å². The van der Waals surface area contributed by atoms with Crippen molar-refractivity contribution < 1.29 is 14.4 Å². The van der Waals surface area contributed by atoms with Crippen molar-refractivity contribution in [3.05, 3.63) is 30.3 Å². The van der Waals surface area contributed by atoms with Crippen molar-refractivity contribution in [2.24, 2.45) is 11.7 Å². The van der Waals surface area contributed by atoms with E-state index in [1.807, 2.05) is 11.0 Å². The molecule has 0 unspecified atom stereocenters. The summed E-state index contributed by atoms with van der Waals surface area (Å²) in [5, 5.41) is 0. The molecule has 2 fully saturated rings. The number of amides is 3. The Morgan fingerprint density at radius 3 is 2.59 bits per heavy atom. The highest BCUT2D eigenvalue weighted by Gasteiger charge is 2.44. The fourth-order valence-electron chi connectivity index (χ4n) is 3.27. The number of hydrogen-bond donors (Lipinski definition) is 1. The summed E-state index contributed by atoms with van der Waals surface area (Å²) in [6.45, 7) is 1.18. The molecule has 0 saturated carbocycles. The molecule has 2 aliphatic rings. The zero-order chi connectivity index (χ0) is 15.7. The largest absolute Gasteiger partial charge is 0.369 e. The molecule has 2 heterocycles. The summed E-state index contributed by atoms with van der Waals surface area (Å²) < 4.78 is 0. The Morgan fingerprint density at radius 1 is 1.18 bits per heavy atom. The second-order valence-corrected chi connectivity index (χ2v) is 5.86. The molecule has 2 saturated heterocycles. The first-order valence-electron chi connectivity index (χ1n) is 7.53. The average Bonchev–Trinajstić information content (AvgIpc) is 2.83. The van der Waals surface area contributed by atoms with Crippen LogP contribution < -0.4 is 10.6 Å². The van der Waals surface area contributed by atoms with Crippen LogP contribution in [0.15, 0.2) is 30.3 Å². The van der Waals surface area contributed by atoms with E-state index in [2.05, 4.69) is 0 Å². The summed E-state index contributed by atoms with van der Waals surface area (Å²) in [5.41, 5.74) is 5.98. The topological polar surface area (TPSA) is 83.7 Å². The number of primary amides is 1. The highest BCUT2D eigenvalue weighted by molar-refractivity contribution is 6.22. The van der Waals surface area contributed by atoms with Gasteiger partial charge in [-0.1, -0.05) is 18.2 Å². The van der Waals surface area contributed by atoms with E-state index in [0.29, 0.717) is 12.2 Å². The van der Waals surface area contributed by atoms with Crippen LogP contribution >= 0.6 is 0 Å². The number of likely N-dealkylation sites (tertiary alicyclic amines) is 1. The summed E-state index contributed by atoms with van der Waals surface area (Å²) in [6, 6.07) is 8.46. The molecule has 22 heavy (non-hydrogen) atoms. The summed E-state index contributed by atoms with van der Waals surface area (Å²) in [7, 11) is 0. The van der Waals surface area contributed by atoms with Crippen molar-refractivity contribution in [2.75, 3.05) is 18.0 Å². The molecule has 2 aliphatic heterocycles. The Kier molecular flexibility index (Phi) is 3.94. The van der Waals surface area contributed by atoms with Gasteiger partial charge in [-0.3, -0.25) is 19.3 Å². The number of carbonyl (C=O) groups is 3. The molecule has 3 rings (SSSR count). The Balaban J connectivity index is 1.78. The van der Waals surface area contributed by atoms with Gasteiger partial charge >= 0.3 is 0 Å². The van der Waals surface area contributed by atoms with Crippen molar-refractivity contribution in [3.8, 4) is 0 Å². The third kappa shape index (κ3) is 2.62. The molecule has 2 N–H and O–H groups in total. The lowest BCUT2D eigenvalue weighted by Crippen LogP contribution is -2.49. The normalized spacial score (nSPS) is 26.5. The molecule has 0 bridgehead atoms. The fourth-order valence-corrected chi connectivity index (χ4v) is 3.27. The number of nitrogens with zero attached hydrogens (tertiary/aromatic N) is 2. The highest BCUT2D eigenvalue weighted by Crippen LogP contribution is 2.28. The fraction of sp³-hybridized carbons (Fsp3) is 0.438. The zero-order valence-electron chi connectivity index (χ0n) is 12.3. The lowest BCUT2D eigenvalue weighted by molar-refractivity contribution is -0.127. The van der Waals surface area contributed by atoms with Crippen molar-refractivity contribution in [3.63, 3.8) is 0 Å². The van der Waals surface area contributed by atoms with Crippen LogP contribution in [0.1, 0.15) is 19.3 Å². The summed E-state index contributed by atoms with van der Waals surface area (Å²) in [4.78, 5) is 39.4. The number of hydrogen-bond acceptors (Lipinski definition) is 4. The Morgan fingerprint density at radius 2 is 1.91 bits per heavy atom. The number of anilines is 1. The summed E-state index contributed by atoms with van der Waals surface area (Å²) in [5.74, 6) is -0.965. The quantitative estimate of drug-likeness (QED) is 0.825. The van der Waals surface area contributed by atoms with Crippen LogP contribution in [0.2, 0.25) is 0 Å². The van der Waals surface area contributed by atoms with Gasteiger partial charge in [0.2, 0.25) is 11.8 Å². The van der Waals surface area contributed by atoms with Gasteiger partial charge in [-0.25, -0.2) is 4.90 Å². The van der Waals surface area contributed by atoms with Gasteiger partial charge in [-0.2, -0.15) is 0 Å². The molecule has 6 heteroatoms. The molecule has 3 amide bonds. The molecule has 6 nitrogen and oxygen atoms in total. The van der Waals surface area contributed by atoms with Crippen LogP contribution in [0.3, 0.4) is 0 Å². The summed E-state index contributed by atoms with van der Waals surface area (Å²) in [6.07, 6.45) is 1.74. The minimum absolute atomic E-state index is 0.166. The Hall–Kier alpha value is -2.21. The van der Waals surface area contributed by atoms with Gasteiger partial charge in [-0.15, -0.1) is 0 Å².